The van der Waals surface area contributed by atoms with Gasteiger partial charge in [0.1, 0.15) is 24.9 Å². The fraction of sp³-hybridized carbons (Fsp3) is 0.0417. The normalized spacial score (nSPS) is 10.8. The van der Waals surface area contributed by atoms with Gasteiger partial charge in [0.2, 0.25) is 0 Å². The molecule has 4 rings (SSSR count). The highest BCUT2D eigenvalue weighted by molar-refractivity contribution is 7.13. The Morgan fingerprint density at radius 2 is 1.84 bits per heavy atom. The molecule has 0 radical (unpaired) electrons. The Labute approximate surface area is 187 Å². The van der Waals surface area contributed by atoms with Crippen molar-refractivity contribution in [2.24, 2.45) is 0 Å². The number of hydrogen-bond donors (Lipinski definition) is 0. The number of carbonyl (C=O) groups is 1. The second kappa shape index (κ2) is 8.49. The Bertz CT molecular complexity index is 1400. The highest BCUT2D eigenvalue weighted by Gasteiger charge is 2.21. The van der Waals surface area contributed by atoms with Gasteiger partial charge in [-0.15, -0.1) is 11.3 Å². The van der Waals surface area contributed by atoms with Gasteiger partial charge in [0, 0.05) is 21.5 Å². The first-order chi connectivity index (χ1) is 15.1. The number of nitrogens with zero attached hydrogens (tertiary/aromatic N) is 3. The molecule has 7 heteroatoms. The number of halogens is 1. The molecule has 0 N–H and O–H groups in total. The van der Waals surface area contributed by atoms with Crippen LogP contribution < -0.4 is 4.84 Å². The zero-order valence-corrected chi connectivity index (χ0v) is 17.9. The number of nitriles is 2. The van der Waals surface area contributed by atoms with E-state index in [9.17, 15) is 15.3 Å². The van der Waals surface area contributed by atoms with Crippen molar-refractivity contribution >= 4 is 45.7 Å². The number of ketones is 1. The lowest BCUT2D eigenvalue weighted by Gasteiger charge is -2.08. The first-order valence-electron chi connectivity index (χ1n) is 9.16. The minimum absolute atomic E-state index is 0.179. The number of benzene rings is 2. The van der Waals surface area contributed by atoms with Crippen molar-refractivity contribution in [1.82, 2.24) is 4.73 Å². The average molecular weight is 444 g/mol. The number of hydrogen-bond acceptors (Lipinski definition) is 5. The first-order valence-corrected chi connectivity index (χ1v) is 10.4. The molecule has 0 amide bonds. The van der Waals surface area contributed by atoms with Crippen LogP contribution in [0.15, 0.2) is 60.0 Å². The Morgan fingerprint density at radius 1 is 1.13 bits per heavy atom. The van der Waals surface area contributed by atoms with E-state index in [0.717, 1.165) is 16.1 Å². The maximum atomic E-state index is 12.7. The van der Waals surface area contributed by atoms with E-state index in [1.165, 1.54) is 24.5 Å². The van der Waals surface area contributed by atoms with Crippen LogP contribution in [0.3, 0.4) is 0 Å². The predicted molar refractivity (Wildman–Crippen MR) is 122 cm³/mol. The van der Waals surface area contributed by atoms with Crippen molar-refractivity contribution in [3.63, 3.8) is 0 Å². The Hall–Kier alpha value is -3.84. The second-order valence-corrected chi connectivity index (χ2v) is 7.94. The minimum Gasteiger partial charge on any atom is -0.416 e. The van der Waals surface area contributed by atoms with Crippen LogP contribution in [0, 0.1) is 22.7 Å². The molecule has 31 heavy (non-hydrogen) atoms. The maximum absolute atomic E-state index is 12.7. The quantitative estimate of drug-likeness (QED) is 0.292. The molecule has 0 fully saturated rings. The average Bonchev–Trinajstić information content (AvgIpc) is 3.42. The molecule has 0 bridgehead atoms. The summed E-state index contributed by atoms with van der Waals surface area (Å²) >= 11 is 7.43. The monoisotopic (exact) mass is 443 g/mol. The lowest BCUT2D eigenvalue weighted by Crippen LogP contribution is -2.07. The van der Waals surface area contributed by atoms with Crippen LogP contribution in [0.1, 0.15) is 27.0 Å². The number of aromatic nitrogens is 1. The topological polar surface area (TPSA) is 78.8 Å². The van der Waals surface area contributed by atoms with Crippen molar-refractivity contribution in [2.75, 3.05) is 7.11 Å². The van der Waals surface area contributed by atoms with E-state index >= 15 is 0 Å². The molecule has 2 aromatic carbocycles. The fourth-order valence-electron chi connectivity index (χ4n) is 3.39. The molecule has 5 nitrogen and oxygen atoms in total. The molecule has 0 aliphatic heterocycles. The predicted octanol–water partition coefficient (Wildman–Crippen LogP) is 5.72. The summed E-state index contributed by atoms with van der Waals surface area (Å²) in [4.78, 5) is 19.3. The molecule has 0 saturated carbocycles. The smallest absolute Gasteiger partial charge is 0.185 e. The number of rotatable bonds is 5. The van der Waals surface area contributed by atoms with E-state index in [0.29, 0.717) is 21.5 Å². The molecule has 2 aromatic heterocycles. The lowest BCUT2D eigenvalue weighted by atomic mass is 10.0. The maximum Gasteiger partial charge on any atom is 0.185 e. The molecule has 0 atom stereocenters. The fourth-order valence-corrected chi connectivity index (χ4v) is 4.28. The zero-order chi connectivity index (χ0) is 22.0. The summed E-state index contributed by atoms with van der Waals surface area (Å²) in [6.45, 7) is 0. The van der Waals surface area contributed by atoms with Gasteiger partial charge in [-0.2, -0.15) is 15.3 Å². The van der Waals surface area contributed by atoms with Crippen LogP contribution in [0.5, 0.6) is 0 Å². The summed E-state index contributed by atoms with van der Waals surface area (Å²) in [6, 6.07) is 18.0. The lowest BCUT2D eigenvalue weighted by molar-refractivity contribution is 0.104. The molecular formula is C24H14ClN3O2S. The standard InChI is InChI=1S/C24H14ClN3O2S/c1-30-28-21-12-17(14-27)16(13-26)11-20(21)19(24(28)23-3-2-10-31-23)8-9-22(29)15-4-6-18(25)7-5-15/h2-12H,1H3/b9-8+. The van der Waals surface area contributed by atoms with Crippen LogP contribution >= 0.6 is 22.9 Å². The Morgan fingerprint density at radius 3 is 2.45 bits per heavy atom. The summed E-state index contributed by atoms with van der Waals surface area (Å²) in [5.74, 6) is -0.179. The highest BCUT2D eigenvalue weighted by Crippen LogP contribution is 2.37. The van der Waals surface area contributed by atoms with Crippen LogP contribution in [0.2, 0.25) is 5.02 Å². The van der Waals surface area contributed by atoms with Crippen molar-refractivity contribution < 1.29 is 9.63 Å². The van der Waals surface area contributed by atoms with E-state index in [4.69, 9.17) is 16.4 Å². The van der Waals surface area contributed by atoms with E-state index in [1.54, 1.807) is 47.2 Å². The number of thiophene rings is 1. The van der Waals surface area contributed by atoms with Crippen molar-refractivity contribution in [3.8, 4) is 22.7 Å². The molecule has 0 unspecified atom stereocenters. The molecular weight excluding hydrogens is 430 g/mol. The third kappa shape index (κ3) is 3.71. The zero-order valence-electron chi connectivity index (χ0n) is 16.3. The van der Waals surface area contributed by atoms with Crippen LogP contribution in [-0.2, 0) is 0 Å². The van der Waals surface area contributed by atoms with Crippen molar-refractivity contribution in [3.05, 3.63) is 87.3 Å². The van der Waals surface area contributed by atoms with Crippen LogP contribution in [-0.4, -0.2) is 17.6 Å². The van der Waals surface area contributed by atoms with E-state index < -0.39 is 0 Å². The first kappa shape index (κ1) is 20.4. The number of allylic oxidation sites excluding steroid dienone is 1. The summed E-state index contributed by atoms with van der Waals surface area (Å²) in [5, 5.41) is 22.1. The highest BCUT2D eigenvalue weighted by atomic mass is 35.5. The second-order valence-electron chi connectivity index (χ2n) is 6.56. The number of carbonyl (C=O) groups excluding carboxylic acids is 1. The van der Waals surface area contributed by atoms with Crippen molar-refractivity contribution in [1.29, 1.82) is 10.5 Å². The van der Waals surface area contributed by atoms with Gasteiger partial charge in [-0.25, -0.2) is 0 Å². The Kier molecular flexibility index (Phi) is 5.60. The largest absolute Gasteiger partial charge is 0.416 e. The van der Waals surface area contributed by atoms with Gasteiger partial charge in [-0.05, 0) is 60.0 Å². The molecule has 0 aliphatic rings. The van der Waals surface area contributed by atoms with Gasteiger partial charge in [0.15, 0.2) is 5.78 Å². The minimum atomic E-state index is -0.179. The Balaban J connectivity index is 1.95. The molecule has 2 heterocycles. The van der Waals surface area contributed by atoms with E-state index in [2.05, 4.69) is 12.1 Å². The molecule has 0 spiro atoms. The SMILES string of the molecule is COn1c(-c2cccs2)c(/C=C/C(=O)c2ccc(Cl)cc2)c2cc(C#N)c(C#N)cc21. The summed E-state index contributed by atoms with van der Waals surface area (Å²) in [7, 11) is 1.53. The van der Waals surface area contributed by atoms with Crippen LogP contribution in [0.25, 0.3) is 27.6 Å². The molecule has 4 aromatic rings. The van der Waals surface area contributed by atoms with E-state index in [1.807, 2.05) is 17.5 Å². The number of fused-ring (bicyclic) bond motifs is 1. The molecule has 0 aliphatic carbocycles. The summed E-state index contributed by atoms with van der Waals surface area (Å²) < 4.78 is 1.62. The summed E-state index contributed by atoms with van der Waals surface area (Å²) in [6.07, 6.45) is 3.20. The van der Waals surface area contributed by atoms with Gasteiger partial charge >= 0.3 is 0 Å². The van der Waals surface area contributed by atoms with Gasteiger partial charge < -0.3 is 4.84 Å². The van der Waals surface area contributed by atoms with Crippen LogP contribution in [0.4, 0.5) is 0 Å². The van der Waals surface area contributed by atoms with Gasteiger partial charge in [0.25, 0.3) is 0 Å². The van der Waals surface area contributed by atoms with E-state index in [-0.39, 0.29) is 16.9 Å². The van der Waals surface area contributed by atoms with Gasteiger partial charge in [-0.3, -0.25) is 4.79 Å². The van der Waals surface area contributed by atoms with Gasteiger partial charge in [0.05, 0.1) is 21.5 Å². The summed E-state index contributed by atoms with van der Waals surface area (Å²) in [5.41, 5.74) is 3.14. The van der Waals surface area contributed by atoms with Gasteiger partial charge in [-0.1, -0.05) is 17.7 Å². The van der Waals surface area contributed by atoms with Crippen molar-refractivity contribution in [2.45, 2.75) is 0 Å². The third-order valence-electron chi connectivity index (χ3n) is 4.81. The molecule has 0 saturated heterocycles. The molecule has 150 valence electrons. The third-order valence-corrected chi connectivity index (χ3v) is 5.94.